The first-order valence-electron chi connectivity index (χ1n) is 11.6. The van der Waals surface area contributed by atoms with Gasteiger partial charge in [0.1, 0.15) is 0 Å². The van der Waals surface area contributed by atoms with Gasteiger partial charge in [0.2, 0.25) is 0 Å². The molecule has 4 aromatic rings. The van der Waals surface area contributed by atoms with Gasteiger partial charge in [0.05, 0.1) is 29.8 Å². The molecule has 6 nitrogen and oxygen atoms in total. The van der Waals surface area contributed by atoms with Crippen molar-refractivity contribution in [2.24, 2.45) is 7.05 Å². The number of carbonyl (C=O) groups is 1. The summed E-state index contributed by atoms with van der Waals surface area (Å²) in [6, 6.07) is 6.65. The van der Waals surface area contributed by atoms with E-state index in [0.29, 0.717) is 40.8 Å². The highest BCUT2D eigenvalue weighted by molar-refractivity contribution is 5.98. The van der Waals surface area contributed by atoms with Gasteiger partial charge >= 0.3 is 0 Å². The Morgan fingerprint density at radius 2 is 1.88 bits per heavy atom. The molecule has 2 aliphatic heterocycles. The third kappa shape index (κ3) is 3.10. The fourth-order valence-corrected chi connectivity index (χ4v) is 5.40. The molecule has 172 valence electrons. The maximum atomic E-state index is 14.0. The van der Waals surface area contributed by atoms with E-state index in [0.717, 1.165) is 30.5 Å². The van der Waals surface area contributed by atoms with E-state index in [2.05, 4.69) is 15.1 Å². The molecule has 0 aliphatic carbocycles. The largest absolute Gasteiger partial charge is 0.327 e. The summed E-state index contributed by atoms with van der Waals surface area (Å²) in [5.74, 6) is -4.15. The zero-order chi connectivity index (χ0) is 24.4. The van der Waals surface area contributed by atoms with Crippen molar-refractivity contribution in [1.82, 2.24) is 24.6 Å². The molecular weight excluding hydrogens is 443 g/mol. The molecular formula is C25H20F3N5O. The fraction of sp³-hybridized carbons (Fsp3) is 0.280. The third-order valence-corrected chi connectivity index (χ3v) is 6.84. The zero-order valence-corrected chi connectivity index (χ0v) is 18.2. The van der Waals surface area contributed by atoms with Gasteiger partial charge in [0.25, 0.3) is 5.91 Å². The van der Waals surface area contributed by atoms with E-state index in [1.807, 2.05) is 4.90 Å². The van der Waals surface area contributed by atoms with Crippen LogP contribution in [0, 0.1) is 17.5 Å². The quantitative estimate of drug-likeness (QED) is 0.402. The lowest BCUT2D eigenvalue weighted by atomic mass is 9.81. The van der Waals surface area contributed by atoms with Gasteiger partial charge in [-0.3, -0.25) is 19.4 Å². The van der Waals surface area contributed by atoms with E-state index >= 15 is 0 Å². The minimum absolute atomic E-state index is 0.0570. The molecule has 9 heteroatoms. The number of hydrogen-bond acceptors (Lipinski definition) is 4. The van der Waals surface area contributed by atoms with Crippen molar-refractivity contribution < 1.29 is 19.3 Å². The Labute approximate surface area is 194 Å². The minimum atomic E-state index is -1.50. The Hall–Kier alpha value is -3.75. The smallest absolute Gasteiger partial charge is 0.254 e. The van der Waals surface area contributed by atoms with Crippen LogP contribution < -0.4 is 0 Å². The van der Waals surface area contributed by atoms with Crippen molar-refractivity contribution in [1.29, 1.82) is 0 Å². The molecule has 2 aliphatic rings. The van der Waals surface area contributed by atoms with E-state index in [-0.39, 0.29) is 29.7 Å². The second kappa shape index (κ2) is 7.65. The Balaban J connectivity index is 1.41. The molecule has 2 atom stereocenters. The average molecular weight is 464 g/mol. The van der Waals surface area contributed by atoms with Crippen molar-refractivity contribution in [3.63, 3.8) is 0 Å². The SMILES string of the molecule is [2H]c1cnc2cc(C(=O)N3C4CCCC3c3nn(C)c(-c5cc(F)c(F)c(F)c5)c3C4)ccc2n1. The van der Waals surface area contributed by atoms with Crippen LogP contribution in [0.1, 0.15) is 48.3 Å². The second-order valence-electron chi connectivity index (χ2n) is 8.81. The van der Waals surface area contributed by atoms with Gasteiger partial charge in [-0.15, -0.1) is 0 Å². The zero-order valence-electron chi connectivity index (χ0n) is 19.2. The number of fused-ring (bicyclic) bond motifs is 5. The first kappa shape index (κ1) is 19.7. The van der Waals surface area contributed by atoms with Crippen molar-refractivity contribution >= 4 is 16.9 Å². The van der Waals surface area contributed by atoms with Gasteiger partial charge in [-0.05, 0) is 56.0 Å². The van der Waals surface area contributed by atoms with Crippen molar-refractivity contribution in [3.8, 4) is 11.3 Å². The number of carbonyl (C=O) groups excluding carboxylic acids is 1. The summed E-state index contributed by atoms with van der Waals surface area (Å²) in [6.45, 7) is 0. The van der Waals surface area contributed by atoms with Crippen LogP contribution in [0.15, 0.2) is 42.7 Å². The molecule has 1 fully saturated rings. The predicted molar refractivity (Wildman–Crippen MR) is 118 cm³/mol. The van der Waals surface area contributed by atoms with E-state index < -0.39 is 17.5 Å². The summed E-state index contributed by atoms with van der Waals surface area (Å²) >= 11 is 0. The molecule has 2 aromatic carbocycles. The lowest BCUT2D eigenvalue weighted by molar-refractivity contribution is 0.0392. The molecule has 6 rings (SSSR count). The van der Waals surface area contributed by atoms with Crippen LogP contribution in [0.4, 0.5) is 13.2 Å². The molecule has 0 saturated carbocycles. The number of piperidine rings is 1. The Morgan fingerprint density at radius 1 is 1.09 bits per heavy atom. The predicted octanol–water partition coefficient (Wildman–Crippen LogP) is 4.74. The summed E-state index contributed by atoms with van der Waals surface area (Å²) < 4.78 is 50.7. The van der Waals surface area contributed by atoms with Crippen LogP contribution in [0.5, 0.6) is 0 Å². The van der Waals surface area contributed by atoms with Crippen LogP contribution in [0.3, 0.4) is 0 Å². The standard InChI is InChI=1S/C25H20F3N5O/c1-32-24(14-9-17(26)22(28)18(27)10-14)16-12-15-3-2-4-21(23(16)31-32)33(15)25(34)13-5-6-19-20(11-13)30-8-7-29-19/h5-11,15,21H,2-4,12H2,1H3/i7D. The van der Waals surface area contributed by atoms with Gasteiger partial charge < -0.3 is 4.90 Å². The molecule has 1 saturated heterocycles. The average Bonchev–Trinajstić information content (AvgIpc) is 3.16. The van der Waals surface area contributed by atoms with Crippen LogP contribution in [0.2, 0.25) is 0 Å². The summed E-state index contributed by atoms with van der Waals surface area (Å²) in [6.07, 6.45) is 4.32. The van der Waals surface area contributed by atoms with Crippen LogP contribution in [-0.2, 0) is 13.5 Å². The molecule has 34 heavy (non-hydrogen) atoms. The maximum absolute atomic E-state index is 14.0. The summed E-state index contributed by atoms with van der Waals surface area (Å²) in [4.78, 5) is 23.9. The monoisotopic (exact) mass is 464 g/mol. The molecule has 2 unspecified atom stereocenters. The normalized spacial score (nSPS) is 19.8. The Bertz CT molecular complexity index is 1500. The van der Waals surface area contributed by atoms with Gasteiger partial charge in [-0.1, -0.05) is 0 Å². The highest BCUT2D eigenvalue weighted by Gasteiger charge is 2.43. The Morgan fingerprint density at radius 3 is 2.68 bits per heavy atom. The summed E-state index contributed by atoms with van der Waals surface area (Å²) in [7, 11) is 1.69. The number of aryl methyl sites for hydroxylation is 1. The van der Waals surface area contributed by atoms with Gasteiger partial charge in [-0.2, -0.15) is 5.10 Å². The molecule has 2 aromatic heterocycles. The highest BCUT2D eigenvalue weighted by atomic mass is 19.2. The number of benzene rings is 2. The molecule has 0 radical (unpaired) electrons. The first-order chi connectivity index (χ1) is 16.8. The van der Waals surface area contributed by atoms with Crippen molar-refractivity contribution in [2.45, 2.75) is 37.8 Å². The number of rotatable bonds is 2. The highest BCUT2D eigenvalue weighted by Crippen LogP contribution is 2.45. The number of hydrogen-bond donors (Lipinski definition) is 0. The minimum Gasteiger partial charge on any atom is -0.327 e. The second-order valence-corrected chi connectivity index (χ2v) is 8.81. The van der Waals surface area contributed by atoms with E-state index in [4.69, 9.17) is 1.37 Å². The van der Waals surface area contributed by atoms with E-state index in [9.17, 15) is 18.0 Å². The van der Waals surface area contributed by atoms with E-state index in [1.165, 1.54) is 6.20 Å². The van der Waals surface area contributed by atoms with Gasteiger partial charge in [0, 0.05) is 42.1 Å². The van der Waals surface area contributed by atoms with Gasteiger partial charge in [0.15, 0.2) is 17.5 Å². The van der Waals surface area contributed by atoms with Crippen molar-refractivity contribution in [2.75, 3.05) is 0 Å². The van der Waals surface area contributed by atoms with Crippen LogP contribution in [0.25, 0.3) is 22.3 Å². The van der Waals surface area contributed by atoms with Crippen LogP contribution >= 0.6 is 0 Å². The third-order valence-electron chi connectivity index (χ3n) is 6.84. The number of nitrogens with zero attached hydrogens (tertiary/aromatic N) is 5. The summed E-state index contributed by atoms with van der Waals surface area (Å²) in [5.41, 5.74) is 3.86. The topological polar surface area (TPSA) is 63.9 Å². The Kier molecular flexibility index (Phi) is 4.43. The molecule has 4 heterocycles. The number of halogens is 3. The molecule has 0 spiro atoms. The van der Waals surface area contributed by atoms with Crippen LogP contribution in [-0.4, -0.2) is 36.6 Å². The molecule has 1 amide bonds. The lowest BCUT2D eigenvalue weighted by Gasteiger charge is -2.45. The molecule has 2 bridgehead atoms. The van der Waals surface area contributed by atoms with Gasteiger partial charge in [-0.25, -0.2) is 13.2 Å². The number of amides is 1. The molecule has 0 N–H and O–H groups in total. The fourth-order valence-electron chi connectivity index (χ4n) is 5.40. The summed E-state index contributed by atoms with van der Waals surface area (Å²) in [5, 5.41) is 4.66. The number of aromatic nitrogens is 4. The van der Waals surface area contributed by atoms with E-state index in [1.54, 1.807) is 29.9 Å². The first-order valence-corrected chi connectivity index (χ1v) is 11.1. The maximum Gasteiger partial charge on any atom is 0.254 e. The van der Waals surface area contributed by atoms with Crippen molar-refractivity contribution in [3.05, 3.63) is 77.0 Å². The lowest BCUT2D eigenvalue weighted by Crippen LogP contribution is -2.49.